The topological polar surface area (TPSA) is 185 Å². The molecule has 0 saturated carbocycles. The van der Waals surface area contributed by atoms with Gasteiger partial charge in [-0.2, -0.15) is 8.42 Å². The zero-order valence-corrected chi connectivity index (χ0v) is 27.5. The lowest BCUT2D eigenvalue weighted by Crippen LogP contribution is -2.61. The maximum Gasteiger partial charge on any atom is 0.302 e. The summed E-state index contributed by atoms with van der Waals surface area (Å²) >= 11 is 0. The van der Waals surface area contributed by atoms with Crippen LogP contribution in [0.4, 0.5) is 11.4 Å². The highest BCUT2D eigenvalue weighted by Crippen LogP contribution is 2.45. The van der Waals surface area contributed by atoms with Crippen LogP contribution in [0.25, 0.3) is 0 Å². The van der Waals surface area contributed by atoms with Gasteiger partial charge in [0.15, 0.2) is 11.6 Å². The smallest absolute Gasteiger partial charge is 0.302 e. The monoisotopic (exact) mass is 672 g/mol. The number of rotatable bonds is 9. The van der Waals surface area contributed by atoms with Crippen molar-refractivity contribution in [3.8, 4) is 0 Å². The Morgan fingerprint density at radius 2 is 1.89 bits per heavy atom. The van der Waals surface area contributed by atoms with E-state index in [0.717, 1.165) is 12.3 Å². The predicted molar refractivity (Wildman–Crippen MR) is 170 cm³/mol. The number of ketones is 2. The zero-order chi connectivity index (χ0) is 33.6. The quantitative estimate of drug-likeness (QED) is 0.296. The number of nitrogens with zero attached hydrogens (tertiary/aromatic N) is 2. The first-order valence-corrected chi connectivity index (χ1v) is 18.2. The summed E-state index contributed by atoms with van der Waals surface area (Å²) in [6, 6.07) is 9.62. The number of carbonyl (C=O) groups excluding carboxylic acids is 4. The molecule has 1 aliphatic carbocycles. The number of Topliss-reactive ketones (excluding diaryl/α,β-unsaturated/α-hetero) is 2. The fourth-order valence-electron chi connectivity index (χ4n) is 6.38. The first-order valence-electron chi connectivity index (χ1n) is 14.9. The number of nitrogens with one attached hydrogen (secondary N) is 2. The molecule has 0 spiro atoms. The van der Waals surface area contributed by atoms with E-state index in [1.807, 2.05) is 13.8 Å². The second-order valence-electron chi connectivity index (χ2n) is 12.3. The molecule has 5 rings (SSSR count). The minimum atomic E-state index is -4.52. The number of ether oxygens (including phenoxy) is 1. The molecule has 3 aliphatic rings. The van der Waals surface area contributed by atoms with E-state index in [1.54, 1.807) is 23.1 Å². The summed E-state index contributed by atoms with van der Waals surface area (Å²) in [5, 5.41) is 2.83. The van der Waals surface area contributed by atoms with E-state index in [4.69, 9.17) is 4.74 Å². The van der Waals surface area contributed by atoms with Gasteiger partial charge in [-0.05, 0) is 55.4 Å². The normalized spacial score (nSPS) is 23.7. The molecule has 0 radical (unpaired) electrons. The van der Waals surface area contributed by atoms with Gasteiger partial charge in [0, 0.05) is 24.7 Å². The summed E-state index contributed by atoms with van der Waals surface area (Å²) in [5.41, 5.74) is -1.52. The average molecular weight is 673 g/mol. The van der Waals surface area contributed by atoms with Crippen LogP contribution in [0.1, 0.15) is 62.4 Å². The number of likely N-dealkylation sites (tertiary alicyclic amines) is 1. The summed E-state index contributed by atoms with van der Waals surface area (Å²) in [7, 11) is -8.24. The van der Waals surface area contributed by atoms with E-state index < -0.39 is 66.7 Å². The Balaban J connectivity index is 1.64. The lowest BCUT2D eigenvalue weighted by molar-refractivity contribution is -0.150. The minimum absolute atomic E-state index is 0.0106. The van der Waals surface area contributed by atoms with Gasteiger partial charge < -0.3 is 15.0 Å². The summed E-state index contributed by atoms with van der Waals surface area (Å²) < 4.78 is 61.6. The number of fused-ring (bicyclic) bond motifs is 2. The molecule has 2 aromatic rings. The molecule has 1 unspecified atom stereocenters. The van der Waals surface area contributed by atoms with Crippen molar-refractivity contribution in [1.82, 2.24) is 4.90 Å². The van der Waals surface area contributed by atoms with Crippen LogP contribution in [-0.4, -0.2) is 76.5 Å². The lowest BCUT2D eigenvalue weighted by Gasteiger charge is -2.43. The van der Waals surface area contributed by atoms with Gasteiger partial charge in [0.05, 0.1) is 18.0 Å². The van der Waals surface area contributed by atoms with Crippen molar-refractivity contribution >= 4 is 60.7 Å². The molecule has 3 atom stereocenters. The number of hydrogen-bond acceptors (Lipinski definition) is 10. The first-order chi connectivity index (χ1) is 21.5. The molecule has 2 N–H and O–H groups in total. The standard InChI is InChI=1S/C31H36N4O9S2/c1-18(2)13-14-31(30(39)35-15-7-8-21(35)17-44-19(3)36)23-10-6-5-9-22(23)27(37)26(28(31)38)29-32-24-12-11-20(33-45(4,40)41)16-25(24)46(42,43)34-29/h5-6,9-12,16,18,21,26,33H,7-8,13-15,17H2,1-4H3,(H,32,34)/t21-,26?,31+/m1/s1. The molecule has 2 aromatic carbocycles. The second-order valence-corrected chi connectivity index (χ2v) is 15.6. The first kappa shape index (κ1) is 33.3. The van der Waals surface area contributed by atoms with Crippen molar-refractivity contribution in [2.45, 2.75) is 62.8 Å². The van der Waals surface area contributed by atoms with Gasteiger partial charge in [0.1, 0.15) is 28.7 Å². The van der Waals surface area contributed by atoms with E-state index in [9.17, 15) is 36.0 Å². The number of benzene rings is 2. The minimum Gasteiger partial charge on any atom is -0.464 e. The van der Waals surface area contributed by atoms with E-state index in [2.05, 4.69) is 14.4 Å². The lowest BCUT2D eigenvalue weighted by atomic mass is 9.61. The highest BCUT2D eigenvalue weighted by atomic mass is 32.2. The Labute approximate surface area is 267 Å². The third-order valence-corrected chi connectivity index (χ3v) is 10.4. The van der Waals surface area contributed by atoms with E-state index in [-0.39, 0.29) is 46.3 Å². The molecule has 13 nitrogen and oxygen atoms in total. The summed E-state index contributed by atoms with van der Waals surface area (Å²) in [5.74, 6) is -4.65. The van der Waals surface area contributed by atoms with E-state index >= 15 is 0 Å². The number of esters is 1. The molecule has 1 amide bonds. The SMILES string of the molecule is CC(=O)OC[C@H]1CCCN1C(=O)[C@]1(CCC(C)C)C(=O)C(C2=NS(=O)(=O)c3cc(NS(C)(=O)=O)ccc3N2)C(=O)c2ccccc21. The van der Waals surface area contributed by atoms with Crippen LogP contribution in [-0.2, 0) is 44.6 Å². The molecule has 246 valence electrons. The van der Waals surface area contributed by atoms with Crippen molar-refractivity contribution in [2.75, 3.05) is 29.4 Å². The fraction of sp³-hybridized carbons (Fsp3) is 0.452. The van der Waals surface area contributed by atoms with Gasteiger partial charge in [-0.1, -0.05) is 38.1 Å². The van der Waals surface area contributed by atoms with Gasteiger partial charge in [-0.3, -0.25) is 23.9 Å². The third kappa shape index (κ3) is 6.17. The zero-order valence-electron chi connectivity index (χ0n) is 25.9. The largest absolute Gasteiger partial charge is 0.464 e. The predicted octanol–water partition coefficient (Wildman–Crippen LogP) is 2.88. The second kappa shape index (κ2) is 12.2. The molecule has 46 heavy (non-hydrogen) atoms. The molecule has 2 heterocycles. The Kier molecular flexibility index (Phi) is 8.85. The van der Waals surface area contributed by atoms with Crippen molar-refractivity contribution in [3.63, 3.8) is 0 Å². The maximum atomic E-state index is 14.9. The van der Waals surface area contributed by atoms with Crippen LogP contribution in [0, 0.1) is 11.8 Å². The molecule has 0 aromatic heterocycles. The van der Waals surface area contributed by atoms with Crippen LogP contribution in [0.5, 0.6) is 0 Å². The molecular weight excluding hydrogens is 636 g/mol. The van der Waals surface area contributed by atoms with Gasteiger partial charge in [-0.15, -0.1) is 4.40 Å². The van der Waals surface area contributed by atoms with E-state index in [0.29, 0.717) is 25.8 Å². The summed E-state index contributed by atoms with van der Waals surface area (Å²) in [6.45, 7) is 5.44. The number of sulfonamides is 2. The van der Waals surface area contributed by atoms with Crippen LogP contribution in [0.15, 0.2) is 51.8 Å². The van der Waals surface area contributed by atoms with Crippen molar-refractivity contribution in [2.24, 2.45) is 16.2 Å². The van der Waals surface area contributed by atoms with Crippen LogP contribution in [0.2, 0.25) is 0 Å². The molecule has 15 heteroatoms. The third-order valence-electron chi connectivity index (χ3n) is 8.49. The van der Waals surface area contributed by atoms with Crippen LogP contribution >= 0.6 is 0 Å². The fourth-order valence-corrected chi connectivity index (χ4v) is 8.12. The Bertz CT molecular complexity index is 1870. The Morgan fingerprint density at radius 3 is 2.57 bits per heavy atom. The maximum absolute atomic E-state index is 14.9. The van der Waals surface area contributed by atoms with Gasteiger partial charge in [0.2, 0.25) is 15.9 Å². The number of amidine groups is 1. The molecule has 1 saturated heterocycles. The summed E-state index contributed by atoms with van der Waals surface area (Å²) in [4.78, 5) is 56.5. The molecule has 0 bridgehead atoms. The van der Waals surface area contributed by atoms with Gasteiger partial charge >= 0.3 is 5.97 Å². The number of hydrogen-bond donors (Lipinski definition) is 2. The molecular formula is C31H36N4O9S2. The number of anilines is 2. The van der Waals surface area contributed by atoms with Crippen molar-refractivity contribution < 1.29 is 40.8 Å². The highest BCUT2D eigenvalue weighted by Gasteiger charge is 2.59. The van der Waals surface area contributed by atoms with Crippen molar-refractivity contribution in [3.05, 3.63) is 53.6 Å². The van der Waals surface area contributed by atoms with Gasteiger partial charge in [-0.25, -0.2) is 8.42 Å². The Hall–Kier alpha value is -4.11. The Morgan fingerprint density at radius 1 is 1.17 bits per heavy atom. The van der Waals surface area contributed by atoms with E-state index in [1.165, 1.54) is 25.1 Å². The van der Waals surface area contributed by atoms with Gasteiger partial charge in [0.25, 0.3) is 10.0 Å². The summed E-state index contributed by atoms with van der Waals surface area (Å²) in [6.07, 6.45) is 2.58. The van der Waals surface area contributed by atoms with Crippen LogP contribution in [0.3, 0.4) is 0 Å². The number of carbonyl (C=O) groups is 4. The molecule has 1 fully saturated rings. The van der Waals surface area contributed by atoms with Crippen LogP contribution < -0.4 is 10.0 Å². The molecule has 2 aliphatic heterocycles. The van der Waals surface area contributed by atoms with Crippen molar-refractivity contribution in [1.29, 1.82) is 0 Å². The number of amides is 1. The highest BCUT2D eigenvalue weighted by molar-refractivity contribution is 7.92. The average Bonchev–Trinajstić information content (AvgIpc) is 3.44.